The highest BCUT2D eigenvalue weighted by Crippen LogP contribution is 2.01. The number of nitrogens with two attached hydrogens (primary N) is 1. The van der Waals surface area contributed by atoms with Crippen LogP contribution in [0.3, 0.4) is 0 Å². The van der Waals surface area contributed by atoms with Crippen LogP contribution in [0, 0.1) is 5.41 Å². The summed E-state index contributed by atoms with van der Waals surface area (Å²) < 4.78 is 0. The van der Waals surface area contributed by atoms with Crippen LogP contribution in [0.2, 0.25) is 0 Å². The van der Waals surface area contributed by atoms with E-state index in [-0.39, 0.29) is 5.84 Å². The quantitative estimate of drug-likeness (QED) is 0.419. The van der Waals surface area contributed by atoms with Gasteiger partial charge in [0.25, 0.3) is 0 Å². The fraction of sp³-hybridized carbons (Fsp3) is 0.500. The molecule has 1 atom stereocenters. The fourth-order valence-electron chi connectivity index (χ4n) is 0.605. The SMILES string of the molecule is CNN=C1C(=N)N=NC1N. The minimum atomic E-state index is -0.569. The summed E-state index contributed by atoms with van der Waals surface area (Å²) in [5.74, 6) is 0.0295. The van der Waals surface area contributed by atoms with Gasteiger partial charge in [-0.25, -0.2) is 0 Å². The Morgan fingerprint density at radius 1 is 1.80 bits per heavy atom. The molecule has 0 amide bonds. The Hall–Kier alpha value is -1.30. The van der Waals surface area contributed by atoms with Crippen LogP contribution in [0.5, 0.6) is 0 Å². The molecule has 0 spiro atoms. The van der Waals surface area contributed by atoms with Crippen molar-refractivity contribution in [1.82, 2.24) is 5.43 Å². The van der Waals surface area contributed by atoms with Crippen LogP contribution in [0.25, 0.3) is 0 Å². The molecule has 0 saturated heterocycles. The monoisotopic (exact) mass is 140 g/mol. The van der Waals surface area contributed by atoms with E-state index < -0.39 is 6.17 Å². The minimum absolute atomic E-state index is 0.0295. The highest BCUT2D eigenvalue weighted by molar-refractivity contribution is 6.43. The molecule has 1 aliphatic rings. The Bertz CT molecular complexity index is 204. The summed E-state index contributed by atoms with van der Waals surface area (Å²) in [7, 11) is 1.63. The molecule has 1 rings (SSSR count). The summed E-state index contributed by atoms with van der Waals surface area (Å²) in [5.41, 5.74) is 8.28. The van der Waals surface area contributed by atoms with Gasteiger partial charge in [0.05, 0.1) is 0 Å². The molecule has 10 heavy (non-hydrogen) atoms. The van der Waals surface area contributed by atoms with Crippen LogP contribution in [0.15, 0.2) is 15.3 Å². The van der Waals surface area contributed by atoms with Gasteiger partial charge in [0, 0.05) is 7.05 Å². The smallest absolute Gasteiger partial charge is 0.194 e. The van der Waals surface area contributed by atoms with Gasteiger partial charge in [-0.05, 0) is 0 Å². The molecule has 0 aromatic heterocycles. The zero-order chi connectivity index (χ0) is 7.56. The van der Waals surface area contributed by atoms with Crippen molar-refractivity contribution in [3.8, 4) is 0 Å². The molecule has 0 aromatic carbocycles. The molecule has 6 nitrogen and oxygen atoms in total. The lowest BCUT2D eigenvalue weighted by Gasteiger charge is -1.97. The highest BCUT2D eigenvalue weighted by Gasteiger charge is 2.21. The average molecular weight is 140 g/mol. The Balaban J connectivity index is 2.79. The van der Waals surface area contributed by atoms with Crippen molar-refractivity contribution in [3.05, 3.63) is 0 Å². The Kier molecular flexibility index (Phi) is 1.72. The molecule has 4 N–H and O–H groups in total. The number of hydrogen-bond donors (Lipinski definition) is 3. The molecule has 1 aliphatic heterocycles. The fourth-order valence-corrected chi connectivity index (χ4v) is 0.605. The van der Waals surface area contributed by atoms with Crippen LogP contribution in [-0.4, -0.2) is 24.8 Å². The standard InChI is InChI=1S/C4H8N6/c1-7-8-2-3(5)9-10-4(2)6/h3,6-7H,5H2,1H3. The number of amidine groups is 1. The summed E-state index contributed by atoms with van der Waals surface area (Å²) in [4.78, 5) is 0. The van der Waals surface area contributed by atoms with Gasteiger partial charge < -0.3 is 11.2 Å². The van der Waals surface area contributed by atoms with Gasteiger partial charge in [-0.15, -0.1) is 5.11 Å². The second-order valence-corrected chi connectivity index (χ2v) is 1.73. The number of nitrogens with zero attached hydrogens (tertiary/aromatic N) is 3. The molecular weight excluding hydrogens is 132 g/mol. The van der Waals surface area contributed by atoms with Crippen LogP contribution in [0.4, 0.5) is 0 Å². The summed E-state index contributed by atoms with van der Waals surface area (Å²) in [5, 5.41) is 17.8. The molecule has 54 valence electrons. The van der Waals surface area contributed by atoms with Crippen molar-refractivity contribution in [2.45, 2.75) is 6.17 Å². The van der Waals surface area contributed by atoms with E-state index >= 15 is 0 Å². The number of azo groups is 1. The van der Waals surface area contributed by atoms with Crippen molar-refractivity contribution in [2.75, 3.05) is 7.05 Å². The first-order valence-electron chi connectivity index (χ1n) is 2.75. The predicted octanol–water partition coefficient (Wildman–Crippen LogP) is -0.710. The molecule has 1 heterocycles. The lowest BCUT2D eigenvalue weighted by atomic mass is 10.3. The topological polar surface area (TPSA) is 99.0 Å². The lowest BCUT2D eigenvalue weighted by molar-refractivity contribution is 0.850. The molecule has 0 saturated carbocycles. The number of nitrogens with one attached hydrogen (secondary N) is 2. The largest absolute Gasteiger partial charge is 0.313 e. The third-order valence-electron chi connectivity index (χ3n) is 1.04. The Morgan fingerprint density at radius 2 is 2.50 bits per heavy atom. The zero-order valence-corrected chi connectivity index (χ0v) is 5.50. The predicted molar refractivity (Wildman–Crippen MR) is 37.1 cm³/mol. The van der Waals surface area contributed by atoms with Gasteiger partial charge in [-0.1, -0.05) is 0 Å². The molecule has 0 fully saturated rings. The summed E-state index contributed by atoms with van der Waals surface area (Å²) in [6.45, 7) is 0. The van der Waals surface area contributed by atoms with Crippen molar-refractivity contribution in [2.24, 2.45) is 21.1 Å². The molecule has 0 aliphatic carbocycles. The Labute approximate surface area is 57.7 Å². The normalized spacial score (nSPS) is 28.0. The van der Waals surface area contributed by atoms with Crippen LogP contribution in [-0.2, 0) is 0 Å². The lowest BCUT2D eigenvalue weighted by Crippen LogP contribution is -2.29. The molecule has 0 radical (unpaired) electrons. The number of rotatable bonds is 1. The summed E-state index contributed by atoms with van der Waals surface area (Å²) in [6.07, 6.45) is -0.569. The van der Waals surface area contributed by atoms with E-state index in [1.165, 1.54) is 0 Å². The maximum Gasteiger partial charge on any atom is 0.194 e. The number of hydrazone groups is 1. The first-order valence-corrected chi connectivity index (χ1v) is 2.75. The second-order valence-electron chi connectivity index (χ2n) is 1.73. The first-order chi connectivity index (χ1) is 4.75. The van der Waals surface area contributed by atoms with Gasteiger partial charge >= 0.3 is 0 Å². The van der Waals surface area contributed by atoms with Crippen molar-refractivity contribution in [3.63, 3.8) is 0 Å². The second kappa shape index (κ2) is 2.53. The highest BCUT2D eigenvalue weighted by atomic mass is 15.3. The minimum Gasteiger partial charge on any atom is -0.313 e. The van der Waals surface area contributed by atoms with E-state index in [1.807, 2.05) is 0 Å². The van der Waals surface area contributed by atoms with Gasteiger partial charge in [0.2, 0.25) is 0 Å². The number of hydrogen-bond acceptors (Lipinski definition) is 5. The van der Waals surface area contributed by atoms with Crippen LogP contribution in [0.1, 0.15) is 0 Å². The third-order valence-corrected chi connectivity index (χ3v) is 1.04. The van der Waals surface area contributed by atoms with E-state index in [2.05, 4.69) is 20.8 Å². The summed E-state index contributed by atoms with van der Waals surface area (Å²) >= 11 is 0. The van der Waals surface area contributed by atoms with Crippen molar-refractivity contribution < 1.29 is 0 Å². The Morgan fingerprint density at radius 3 is 2.90 bits per heavy atom. The maximum atomic E-state index is 7.13. The van der Waals surface area contributed by atoms with E-state index in [0.717, 1.165) is 0 Å². The van der Waals surface area contributed by atoms with Gasteiger partial charge in [-0.3, -0.25) is 5.41 Å². The van der Waals surface area contributed by atoms with E-state index in [1.54, 1.807) is 7.05 Å². The average Bonchev–Trinajstić information content (AvgIpc) is 2.20. The maximum absolute atomic E-state index is 7.13. The molecular formula is C4H8N6. The van der Waals surface area contributed by atoms with E-state index in [9.17, 15) is 0 Å². The van der Waals surface area contributed by atoms with Crippen molar-refractivity contribution >= 4 is 11.5 Å². The molecule has 1 unspecified atom stereocenters. The van der Waals surface area contributed by atoms with Crippen LogP contribution < -0.4 is 11.2 Å². The van der Waals surface area contributed by atoms with Gasteiger partial charge in [-0.2, -0.15) is 10.2 Å². The van der Waals surface area contributed by atoms with Gasteiger partial charge in [0.1, 0.15) is 5.71 Å². The van der Waals surface area contributed by atoms with Crippen molar-refractivity contribution in [1.29, 1.82) is 5.41 Å². The molecule has 0 aromatic rings. The third kappa shape index (κ3) is 1.01. The molecule has 6 heteroatoms. The zero-order valence-electron chi connectivity index (χ0n) is 5.50. The van der Waals surface area contributed by atoms with E-state index in [0.29, 0.717) is 5.71 Å². The van der Waals surface area contributed by atoms with Gasteiger partial charge in [0.15, 0.2) is 12.0 Å². The first kappa shape index (κ1) is 6.81. The van der Waals surface area contributed by atoms with E-state index in [4.69, 9.17) is 11.1 Å². The summed E-state index contributed by atoms with van der Waals surface area (Å²) in [6, 6.07) is 0. The molecule has 0 bridgehead atoms. The van der Waals surface area contributed by atoms with Crippen LogP contribution >= 0.6 is 0 Å².